The van der Waals surface area contributed by atoms with Gasteiger partial charge in [-0.2, -0.15) is 0 Å². The summed E-state index contributed by atoms with van der Waals surface area (Å²) in [4.78, 5) is 13.6. The Balaban J connectivity index is 2.58. The van der Waals surface area contributed by atoms with Gasteiger partial charge in [0.1, 0.15) is 0 Å². The fourth-order valence-electron chi connectivity index (χ4n) is 2.69. The zero-order chi connectivity index (χ0) is 13.1. The predicted molar refractivity (Wildman–Crippen MR) is 70.1 cm³/mol. The molecule has 0 spiro atoms. The van der Waals surface area contributed by atoms with Crippen molar-refractivity contribution in [3.63, 3.8) is 0 Å². The van der Waals surface area contributed by atoms with Crippen LogP contribution in [0.1, 0.15) is 53.4 Å². The molecule has 3 heteroatoms. The number of hydrogen-bond acceptors (Lipinski definition) is 2. The summed E-state index contributed by atoms with van der Waals surface area (Å²) in [5.74, 6) is 0.0926. The van der Waals surface area contributed by atoms with Gasteiger partial charge in [-0.05, 0) is 38.6 Å². The molecule has 1 heterocycles. The summed E-state index contributed by atoms with van der Waals surface area (Å²) in [5, 5.41) is 9.25. The monoisotopic (exact) mass is 241 g/mol. The Bertz CT molecular complexity index is 267. The van der Waals surface area contributed by atoms with Gasteiger partial charge in [-0.15, -0.1) is 0 Å². The number of rotatable bonds is 6. The van der Waals surface area contributed by atoms with E-state index in [1.54, 1.807) is 0 Å². The highest BCUT2D eigenvalue weighted by atomic mass is 16.4. The highest BCUT2D eigenvalue weighted by Crippen LogP contribution is 2.33. The van der Waals surface area contributed by atoms with E-state index >= 15 is 0 Å². The van der Waals surface area contributed by atoms with Gasteiger partial charge in [0.25, 0.3) is 0 Å². The Hall–Kier alpha value is -0.570. The number of carboxylic acids is 1. The number of nitrogens with zero attached hydrogens (tertiary/aromatic N) is 1. The van der Waals surface area contributed by atoms with Crippen LogP contribution >= 0.6 is 0 Å². The lowest BCUT2D eigenvalue weighted by Crippen LogP contribution is -2.38. The molecular weight excluding hydrogens is 214 g/mol. The van der Waals surface area contributed by atoms with Crippen LogP contribution in [0, 0.1) is 11.3 Å². The number of hydrogen-bond donors (Lipinski definition) is 1. The van der Waals surface area contributed by atoms with E-state index in [0.717, 1.165) is 31.8 Å². The number of carboxylic acid groups (broad SMARTS) is 1. The predicted octanol–water partition coefficient (Wildman–Crippen LogP) is 3.00. The molecule has 0 radical (unpaired) electrons. The van der Waals surface area contributed by atoms with Gasteiger partial charge < -0.3 is 5.11 Å². The molecule has 0 aliphatic carbocycles. The molecule has 0 amide bonds. The first-order valence-corrected chi connectivity index (χ1v) is 6.90. The van der Waals surface area contributed by atoms with E-state index in [1.807, 2.05) is 6.92 Å². The fourth-order valence-corrected chi connectivity index (χ4v) is 2.69. The van der Waals surface area contributed by atoms with Crippen molar-refractivity contribution in [3.8, 4) is 0 Å². The molecule has 0 aromatic rings. The Morgan fingerprint density at radius 3 is 2.47 bits per heavy atom. The van der Waals surface area contributed by atoms with Crippen LogP contribution in [-0.2, 0) is 4.79 Å². The van der Waals surface area contributed by atoms with E-state index < -0.39 is 11.4 Å². The van der Waals surface area contributed by atoms with Gasteiger partial charge in [0, 0.05) is 12.6 Å². The van der Waals surface area contributed by atoms with Crippen molar-refractivity contribution in [2.24, 2.45) is 11.3 Å². The number of likely N-dealkylation sites (tertiary alicyclic amines) is 1. The molecule has 3 atom stereocenters. The third-order valence-electron chi connectivity index (χ3n) is 4.38. The van der Waals surface area contributed by atoms with Gasteiger partial charge in [0.15, 0.2) is 0 Å². The van der Waals surface area contributed by atoms with Crippen molar-refractivity contribution >= 4 is 5.97 Å². The summed E-state index contributed by atoms with van der Waals surface area (Å²) in [7, 11) is 0. The first-order chi connectivity index (χ1) is 7.92. The Morgan fingerprint density at radius 1 is 1.41 bits per heavy atom. The van der Waals surface area contributed by atoms with Crippen LogP contribution in [0.5, 0.6) is 0 Å². The van der Waals surface area contributed by atoms with Crippen LogP contribution in [0.3, 0.4) is 0 Å². The van der Waals surface area contributed by atoms with Crippen molar-refractivity contribution in [2.45, 2.75) is 59.4 Å². The molecule has 1 saturated heterocycles. The highest BCUT2D eigenvalue weighted by molar-refractivity contribution is 5.74. The Labute approximate surface area is 105 Å². The lowest BCUT2D eigenvalue weighted by atomic mass is 9.90. The maximum absolute atomic E-state index is 11.2. The van der Waals surface area contributed by atoms with E-state index in [1.165, 1.54) is 12.8 Å². The van der Waals surface area contributed by atoms with Gasteiger partial charge in [0.2, 0.25) is 0 Å². The van der Waals surface area contributed by atoms with Crippen molar-refractivity contribution in [1.29, 1.82) is 0 Å². The smallest absolute Gasteiger partial charge is 0.310 e. The van der Waals surface area contributed by atoms with Gasteiger partial charge in [-0.25, -0.2) is 0 Å². The summed E-state index contributed by atoms with van der Waals surface area (Å²) in [6, 6.07) is 0.561. The normalized spacial score (nSPS) is 29.2. The van der Waals surface area contributed by atoms with Crippen LogP contribution in [0.15, 0.2) is 0 Å². The first-order valence-electron chi connectivity index (χ1n) is 6.90. The van der Waals surface area contributed by atoms with E-state index in [4.69, 9.17) is 0 Å². The minimum atomic E-state index is -0.640. The van der Waals surface area contributed by atoms with E-state index in [0.29, 0.717) is 6.04 Å². The molecule has 0 aromatic heterocycles. The molecule has 1 rings (SSSR count). The van der Waals surface area contributed by atoms with E-state index in [2.05, 4.69) is 25.7 Å². The molecule has 100 valence electrons. The van der Waals surface area contributed by atoms with Crippen LogP contribution < -0.4 is 0 Å². The van der Waals surface area contributed by atoms with Crippen molar-refractivity contribution in [1.82, 2.24) is 4.90 Å². The molecule has 1 N–H and O–H groups in total. The second kappa shape index (κ2) is 5.85. The Morgan fingerprint density at radius 2 is 2.06 bits per heavy atom. The average molecular weight is 241 g/mol. The van der Waals surface area contributed by atoms with Crippen molar-refractivity contribution in [2.75, 3.05) is 13.1 Å². The minimum Gasteiger partial charge on any atom is -0.481 e. The Kier molecular flexibility index (Phi) is 4.99. The van der Waals surface area contributed by atoms with Gasteiger partial charge in [0.05, 0.1) is 5.41 Å². The SMILES string of the molecule is CCC(C)CC(CC)N1CCC(C)(C(=O)O)C1. The molecular formula is C14H27NO2. The van der Waals surface area contributed by atoms with E-state index in [9.17, 15) is 9.90 Å². The standard InChI is InChI=1S/C14H27NO2/c1-5-11(3)9-12(6-2)15-8-7-14(4,10-15)13(16)17/h11-12H,5-10H2,1-4H3,(H,16,17). The average Bonchev–Trinajstić information content (AvgIpc) is 2.69. The minimum absolute atomic E-state index is 0.525. The van der Waals surface area contributed by atoms with Gasteiger partial charge >= 0.3 is 5.97 Å². The molecule has 0 saturated carbocycles. The summed E-state index contributed by atoms with van der Waals surface area (Å²) < 4.78 is 0. The van der Waals surface area contributed by atoms with Crippen LogP contribution in [-0.4, -0.2) is 35.1 Å². The zero-order valence-electron chi connectivity index (χ0n) is 11.7. The molecule has 0 aromatic carbocycles. The lowest BCUT2D eigenvalue weighted by molar-refractivity contribution is -0.147. The number of carbonyl (C=O) groups is 1. The molecule has 3 nitrogen and oxygen atoms in total. The summed E-state index contributed by atoms with van der Waals surface area (Å²) in [6.45, 7) is 10.3. The van der Waals surface area contributed by atoms with Gasteiger partial charge in [-0.1, -0.05) is 27.2 Å². The maximum Gasteiger partial charge on any atom is 0.310 e. The lowest BCUT2D eigenvalue weighted by Gasteiger charge is -2.30. The summed E-state index contributed by atoms with van der Waals surface area (Å²) in [6.07, 6.45) is 4.32. The molecule has 1 fully saturated rings. The fraction of sp³-hybridized carbons (Fsp3) is 0.929. The van der Waals surface area contributed by atoms with Gasteiger partial charge in [-0.3, -0.25) is 9.69 Å². The van der Waals surface area contributed by atoms with Crippen LogP contribution in [0.2, 0.25) is 0 Å². The zero-order valence-corrected chi connectivity index (χ0v) is 11.7. The first kappa shape index (κ1) is 14.5. The summed E-state index contributed by atoms with van der Waals surface area (Å²) in [5.41, 5.74) is -0.525. The third kappa shape index (κ3) is 3.44. The second-order valence-corrected chi connectivity index (χ2v) is 5.90. The van der Waals surface area contributed by atoms with E-state index in [-0.39, 0.29) is 0 Å². The number of aliphatic carboxylic acids is 1. The third-order valence-corrected chi connectivity index (χ3v) is 4.38. The second-order valence-electron chi connectivity index (χ2n) is 5.90. The molecule has 1 aliphatic heterocycles. The molecule has 3 unspecified atom stereocenters. The van der Waals surface area contributed by atoms with Crippen LogP contribution in [0.4, 0.5) is 0 Å². The summed E-state index contributed by atoms with van der Waals surface area (Å²) >= 11 is 0. The van der Waals surface area contributed by atoms with Crippen molar-refractivity contribution < 1.29 is 9.90 Å². The molecule has 0 bridgehead atoms. The van der Waals surface area contributed by atoms with Crippen LogP contribution in [0.25, 0.3) is 0 Å². The maximum atomic E-state index is 11.2. The van der Waals surface area contributed by atoms with Crippen molar-refractivity contribution in [3.05, 3.63) is 0 Å². The molecule has 1 aliphatic rings. The highest BCUT2D eigenvalue weighted by Gasteiger charge is 2.42. The quantitative estimate of drug-likeness (QED) is 0.777. The topological polar surface area (TPSA) is 40.5 Å². The molecule has 17 heavy (non-hydrogen) atoms. The largest absolute Gasteiger partial charge is 0.481 e.